The summed E-state index contributed by atoms with van der Waals surface area (Å²) in [5.74, 6) is 3.12. The van der Waals surface area contributed by atoms with Gasteiger partial charge in [0.05, 0.1) is 13.2 Å². The second kappa shape index (κ2) is 8.02. The third kappa shape index (κ3) is 4.61. The molecule has 128 valence electrons. The fourth-order valence-electron chi connectivity index (χ4n) is 3.34. The minimum Gasteiger partial charge on any atom is -0.454 e. The summed E-state index contributed by atoms with van der Waals surface area (Å²) in [6, 6.07) is 6.47. The monoisotopic (exact) mass is 319 g/mol. The highest BCUT2D eigenvalue weighted by molar-refractivity contribution is 5.45. The Bertz CT molecular complexity index is 497. The summed E-state index contributed by atoms with van der Waals surface area (Å²) in [6.07, 6.45) is 3.70. The van der Waals surface area contributed by atoms with Gasteiger partial charge in [-0.1, -0.05) is 26.3 Å². The number of fused-ring (bicyclic) bond motifs is 1. The third-order valence-electron chi connectivity index (χ3n) is 4.86. The molecule has 4 heteroatoms. The maximum Gasteiger partial charge on any atom is 0.231 e. The van der Waals surface area contributed by atoms with Gasteiger partial charge in [0, 0.05) is 13.1 Å². The van der Waals surface area contributed by atoms with Gasteiger partial charge in [0.25, 0.3) is 0 Å². The second-order valence-electron chi connectivity index (χ2n) is 7.02. The lowest BCUT2D eigenvalue weighted by Crippen LogP contribution is -2.37. The van der Waals surface area contributed by atoms with Crippen LogP contribution in [0, 0.1) is 5.92 Å². The van der Waals surface area contributed by atoms with Crippen LogP contribution in [-0.4, -0.2) is 44.5 Å². The lowest BCUT2D eigenvalue weighted by Gasteiger charge is -2.28. The van der Waals surface area contributed by atoms with Crippen molar-refractivity contribution in [3.05, 3.63) is 23.8 Å². The minimum atomic E-state index is 0.350. The molecule has 4 nitrogen and oxygen atoms in total. The maximum absolute atomic E-state index is 5.56. The van der Waals surface area contributed by atoms with E-state index in [0.29, 0.717) is 12.7 Å². The van der Waals surface area contributed by atoms with Gasteiger partial charge in [-0.05, 0) is 48.9 Å². The van der Waals surface area contributed by atoms with E-state index in [1.165, 1.54) is 24.8 Å². The largest absolute Gasteiger partial charge is 0.454 e. The molecular weight excluding hydrogens is 290 g/mol. The minimum absolute atomic E-state index is 0.350. The summed E-state index contributed by atoms with van der Waals surface area (Å²) in [6.45, 7) is 10.00. The molecule has 0 bridgehead atoms. The molecule has 1 atom stereocenters. The molecule has 2 aliphatic heterocycles. The first-order chi connectivity index (χ1) is 11.2. The van der Waals surface area contributed by atoms with Crippen molar-refractivity contribution in [2.24, 2.45) is 5.92 Å². The summed E-state index contributed by atoms with van der Waals surface area (Å²) in [4.78, 5) is 2.53. The van der Waals surface area contributed by atoms with Crippen LogP contribution in [0.2, 0.25) is 0 Å². The normalized spacial score (nSPS) is 19.3. The van der Waals surface area contributed by atoms with Crippen molar-refractivity contribution in [3.63, 3.8) is 0 Å². The third-order valence-corrected chi connectivity index (χ3v) is 4.86. The highest BCUT2D eigenvalue weighted by Gasteiger charge is 2.20. The van der Waals surface area contributed by atoms with Gasteiger partial charge in [0.1, 0.15) is 0 Å². The number of rotatable bonds is 7. The summed E-state index contributed by atoms with van der Waals surface area (Å²) in [7, 11) is 0. The zero-order valence-electron chi connectivity index (χ0n) is 14.4. The zero-order valence-corrected chi connectivity index (χ0v) is 14.4. The fourth-order valence-corrected chi connectivity index (χ4v) is 3.34. The van der Waals surface area contributed by atoms with Gasteiger partial charge in [-0.15, -0.1) is 0 Å². The van der Waals surface area contributed by atoms with Gasteiger partial charge in [-0.2, -0.15) is 0 Å². The van der Waals surface area contributed by atoms with E-state index in [1.54, 1.807) is 0 Å². The lowest BCUT2D eigenvalue weighted by atomic mass is 9.88. The number of benzene rings is 1. The van der Waals surface area contributed by atoms with E-state index in [1.807, 2.05) is 0 Å². The van der Waals surface area contributed by atoms with Crippen LogP contribution in [0.4, 0.5) is 0 Å². The topological polar surface area (TPSA) is 30.9 Å². The van der Waals surface area contributed by atoms with Crippen LogP contribution in [0.5, 0.6) is 11.5 Å². The summed E-state index contributed by atoms with van der Waals surface area (Å²) < 4.78 is 16.5. The van der Waals surface area contributed by atoms with E-state index in [9.17, 15) is 0 Å². The Morgan fingerprint density at radius 1 is 1.00 bits per heavy atom. The highest BCUT2D eigenvalue weighted by Crippen LogP contribution is 2.37. The van der Waals surface area contributed by atoms with Crippen molar-refractivity contribution >= 4 is 0 Å². The van der Waals surface area contributed by atoms with Crippen molar-refractivity contribution < 1.29 is 14.2 Å². The van der Waals surface area contributed by atoms with Crippen LogP contribution >= 0.6 is 0 Å². The van der Waals surface area contributed by atoms with Crippen LogP contribution in [0.25, 0.3) is 0 Å². The van der Waals surface area contributed by atoms with E-state index in [0.717, 1.165) is 50.3 Å². The highest BCUT2D eigenvalue weighted by atomic mass is 16.7. The number of ether oxygens (including phenoxy) is 3. The van der Waals surface area contributed by atoms with Crippen molar-refractivity contribution in [2.75, 3.05) is 39.6 Å². The van der Waals surface area contributed by atoms with Gasteiger partial charge in [-0.25, -0.2) is 0 Å². The zero-order chi connectivity index (χ0) is 16.1. The van der Waals surface area contributed by atoms with Gasteiger partial charge in [0.2, 0.25) is 6.79 Å². The molecule has 1 saturated heterocycles. The Labute approximate surface area is 139 Å². The van der Waals surface area contributed by atoms with E-state index in [4.69, 9.17) is 14.2 Å². The maximum atomic E-state index is 5.56. The first kappa shape index (κ1) is 16.6. The Kier molecular flexibility index (Phi) is 5.79. The second-order valence-corrected chi connectivity index (χ2v) is 7.02. The van der Waals surface area contributed by atoms with Crippen molar-refractivity contribution in [3.8, 4) is 11.5 Å². The molecule has 0 saturated carbocycles. The Morgan fingerprint density at radius 2 is 1.78 bits per heavy atom. The summed E-state index contributed by atoms with van der Waals surface area (Å²) >= 11 is 0. The van der Waals surface area contributed by atoms with Crippen LogP contribution in [0.3, 0.4) is 0 Å². The van der Waals surface area contributed by atoms with E-state index in [-0.39, 0.29) is 0 Å². The van der Waals surface area contributed by atoms with E-state index >= 15 is 0 Å². The molecule has 0 N–H and O–H groups in total. The van der Waals surface area contributed by atoms with Gasteiger partial charge >= 0.3 is 0 Å². The Morgan fingerprint density at radius 3 is 2.57 bits per heavy atom. The van der Waals surface area contributed by atoms with Crippen molar-refractivity contribution in [1.82, 2.24) is 4.90 Å². The van der Waals surface area contributed by atoms with Crippen molar-refractivity contribution in [2.45, 2.75) is 39.0 Å². The van der Waals surface area contributed by atoms with Crippen LogP contribution < -0.4 is 9.47 Å². The predicted molar refractivity (Wildman–Crippen MR) is 91.3 cm³/mol. The molecule has 0 aliphatic carbocycles. The molecular formula is C19H29NO3. The van der Waals surface area contributed by atoms with Crippen LogP contribution in [0.15, 0.2) is 18.2 Å². The SMILES string of the molecule is CC(C)CC[C@@H](CCN1CCOCC1)c1ccc2c(c1)OCO2. The van der Waals surface area contributed by atoms with E-state index < -0.39 is 0 Å². The standard InChI is InChI=1S/C19H29NO3/c1-15(2)3-4-16(7-8-20-9-11-21-12-10-20)17-5-6-18-19(13-17)23-14-22-18/h5-6,13,15-16H,3-4,7-12,14H2,1-2H3/t16-/m0/s1. The number of hydrogen-bond donors (Lipinski definition) is 0. The number of hydrogen-bond acceptors (Lipinski definition) is 4. The summed E-state index contributed by atoms with van der Waals surface area (Å²) in [5, 5.41) is 0. The Balaban J connectivity index is 1.64. The molecule has 0 unspecified atom stereocenters. The summed E-state index contributed by atoms with van der Waals surface area (Å²) in [5.41, 5.74) is 1.39. The van der Waals surface area contributed by atoms with Gasteiger partial charge in [0.15, 0.2) is 11.5 Å². The fraction of sp³-hybridized carbons (Fsp3) is 0.684. The average molecular weight is 319 g/mol. The number of nitrogens with zero attached hydrogens (tertiary/aromatic N) is 1. The molecule has 2 aliphatic rings. The molecule has 1 fully saturated rings. The first-order valence-electron chi connectivity index (χ1n) is 8.92. The van der Waals surface area contributed by atoms with Crippen molar-refractivity contribution in [1.29, 1.82) is 0 Å². The van der Waals surface area contributed by atoms with Gasteiger partial charge in [-0.3, -0.25) is 4.90 Å². The molecule has 0 amide bonds. The molecule has 23 heavy (non-hydrogen) atoms. The predicted octanol–water partition coefficient (Wildman–Crippen LogP) is 3.66. The molecule has 0 radical (unpaired) electrons. The molecule has 1 aromatic carbocycles. The first-order valence-corrected chi connectivity index (χ1v) is 8.92. The lowest BCUT2D eigenvalue weighted by molar-refractivity contribution is 0.0364. The molecule has 2 heterocycles. The molecule has 0 aromatic heterocycles. The van der Waals surface area contributed by atoms with Crippen LogP contribution in [0.1, 0.15) is 44.6 Å². The smallest absolute Gasteiger partial charge is 0.231 e. The van der Waals surface area contributed by atoms with Gasteiger partial charge < -0.3 is 14.2 Å². The van der Waals surface area contributed by atoms with Crippen LogP contribution in [-0.2, 0) is 4.74 Å². The number of morpholine rings is 1. The molecule has 3 rings (SSSR count). The van der Waals surface area contributed by atoms with E-state index in [2.05, 4.69) is 36.9 Å². The Hall–Kier alpha value is -1.26. The quantitative estimate of drug-likeness (QED) is 0.767. The average Bonchev–Trinajstić information content (AvgIpc) is 3.03. The molecule has 0 spiro atoms. The molecule has 1 aromatic rings.